The molecule has 1 unspecified atom stereocenters. The van der Waals surface area contributed by atoms with Crippen LogP contribution in [-0.2, 0) is 0 Å². The van der Waals surface area contributed by atoms with Gasteiger partial charge in [-0.2, -0.15) is 0 Å². The highest BCUT2D eigenvalue weighted by Crippen LogP contribution is 1.90. The summed E-state index contributed by atoms with van der Waals surface area (Å²) in [6, 6.07) is 0.403. The van der Waals surface area contributed by atoms with Crippen LogP contribution in [0.2, 0.25) is 0 Å². The van der Waals surface area contributed by atoms with Crippen molar-refractivity contribution in [1.29, 1.82) is 0 Å². The van der Waals surface area contributed by atoms with Gasteiger partial charge in [0.1, 0.15) is 0 Å². The van der Waals surface area contributed by atoms with Crippen molar-refractivity contribution in [3.63, 3.8) is 0 Å². The quantitative estimate of drug-likeness (QED) is 0.541. The minimum Gasteiger partial charge on any atom is -0.308 e. The van der Waals surface area contributed by atoms with Gasteiger partial charge >= 0.3 is 0 Å². The molecule has 0 spiro atoms. The Balaban J connectivity index is 3.38. The molecule has 0 aromatic carbocycles. The zero-order chi connectivity index (χ0) is 7.44. The van der Waals surface area contributed by atoms with Gasteiger partial charge in [-0.3, -0.25) is 0 Å². The summed E-state index contributed by atoms with van der Waals surface area (Å²) in [6.45, 7) is 4.98. The molecule has 0 aromatic rings. The first-order valence-corrected chi connectivity index (χ1v) is 3.18. The van der Waals surface area contributed by atoms with Crippen LogP contribution in [-0.4, -0.2) is 50.6 Å². The van der Waals surface area contributed by atoms with E-state index in [1.165, 1.54) is 0 Å². The Kier molecular flexibility index (Phi) is 3.82. The summed E-state index contributed by atoms with van der Waals surface area (Å²) in [5, 5.41) is 0. The van der Waals surface area contributed by atoms with Crippen LogP contribution in [0.25, 0.3) is 0 Å². The highest BCUT2D eigenvalue weighted by Gasteiger charge is 2.03. The van der Waals surface area contributed by atoms with Gasteiger partial charge in [0.05, 0.1) is 0 Å². The lowest BCUT2D eigenvalue weighted by Crippen LogP contribution is -2.34. The first-order valence-electron chi connectivity index (χ1n) is 3.18. The molecule has 0 amide bonds. The minimum atomic E-state index is 0.403. The third kappa shape index (κ3) is 4.43. The third-order valence-electron chi connectivity index (χ3n) is 1.31. The van der Waals surface area contributed by atoms with E-state index in [1.807, 2.05) is 14.1 Å². The van der Waals surface area contributed by atoms with Crippen molar-refractivity contribution in [3.05, 3.63) is 6.92 Å². The number of rotatable bonds is 3. The summed E-state index contributed by atoms with van der Waals surface area (Å²) in [7, 11) is 8.20. The van der Waals surface area contributed by atoms with Gasteiger partial charge in [0.15, 0.2) is 0 Å². The van der Waals surface area contributed by atoms with Crippen LogP contribution < -0.4 is 0 Å². The molecule has 1 radical (unpaired) electrons. The topological polar surface area (TPSA) is 6.48 Å². The molecule has 1 atom stereocenters. The molecule has 0 fully saturated rings. The lowest BCUT2D eigenvalue weighted by atomic mass is 10.3. The summed E-state index contributed by atoms with van der Waals surface area (Å²) in [6.07, 6.45) is 0. The molecule has 2 heteroatoms. The van der Waals surface area contributed by atoms with Gasteiger partial charge in [0.2, 0.25) is 0 Å². The first kappa shape index (κ1) is 8.92. The predicted octanol–water partition coefficient (Wildman–Crippen LogP) is 0.312. The second-order valence-corrected chi connectivity index (χ2v) is 2.88. The fourth-order valence-corrected chi connectivity index (χ4v) is 0.585. The zero-order valence-electron chi connectivity index (χ0n) is 6.89. The first-order chi connectivity index (χ1) is 4.04. The van der Waals surface area contributed by atoms with E-state index in [0.29, 0.717) is 6.04 Å². The van der Waals surface area contributed by atoms with Gasteiger partial charge in [0, 0.05) is 12.6 Å². The van der Waals surface area contributed by atoms with E-state index in [2.05, 4.69) is 30.8 Å². The van der Waals surface area contributed by atoms with Crippen molar-refractivity contribution in [1.82, 2.24) is 9.80 Å². The van der Waals surface area contributed by atoms with Gasteiger partial charge in [-0.15, -0.1) is 0 Å². The van der Waals surface area contributed by atoms with Crippen LogP contribution >= 0.6 is 0 Å². The van der Waals surface area contributed by atoms with Crippen LogP contribution in [0, 0.1) is 6.92 Å². The fraction of sp³-hybridized carbons (Fsp3) is 0.857. The van der Waals surface area contributed by atoms with E-state index < -0.39 is 0 Å². The summed E-state index contributed by atoms with van der Waals surface area (Å²) in [5.41, 5.74) is 0. The molecule has 0 heterocycles. The lowest BCUT2D eigenvalue weighted by molar-refractivity contribution is 0.264. The summed E-state index contributed by atoms with van der Waals surface area (Å²) in [5.74, 6) is 0. The molecule has 55 valence electrons. The Hall–Kier alpha value is -0.0800. The summed E-state index contributed by atoms with van der Waals surface area (Å²) < 4.78 is 0. The van der Waals surface area contributed by atoms with Crippen LogP contribution in [0.1, 0.15) is 0 Å². The standard InChI is InChI=1S/C7H17N2/c1-7(9(4)5)6-8(2)3/h7H,1,6H2,2-5H3. The Morgan fingerprint density at radius 2 is 1.67 bits per heavy atom. The van der Waals surface area contributed by atoms with E-state index in [9.17, 15) is 0 Å². The van der Waals surface area contributed by atoms with Crippen molar-refractivity contribution in [3.8, 4) is 0 Å². The molecular weight excluding hydrogens is 112 g/mol. The predicted molar refractivity (Wildman–Crippen MR) is 41.4 cm³/mol. The Labute approximate surface area is 58.4 Å². The van der Waals surface area contributed by atoms with Gasteiger partial charge in [-0.25, -0.2) is 0 Å². The minimum absolute atomic E-state index is 0.403. The Morgan fingerprint density at radius 3 is 1.78 bits per heavy atom. The van der Waals surface area contributed by atoms with Crippen LogP contribution in [0.4, 0.5) is 0 Å². The molecule has 0 aliphatic rings. The van der Waals surface area contributed by atoms with Crippen molar-refractivity contribution in [2.45, 2.75) is 6.04 Å². The van der Waals surface area contributed by atoms with Gasteiger partial charge in [-0.1, -0.05) is 0 Å². The molecular formula is C7H17N2. The Bertz CT molecular complexity index is 69.3. The maximum atomic E-state index is 3.96. The monoisotopic (exact) mass is 129 g/mol. The molecule has 2 nitrogen and oxygen atoms in total. The molecule has 0 rings (SSSR count). The average Bonchev–Trinajstić information content (AvgIpc) is 1.63. The van der Waals surface area contributed by atoms with E-state index in [-0.39, 0.29) is 0 Å². The third-order valence-corrected chi connectivity index (χ3v) is 1.31. The average molecular weight is 129 g/mol. The fourth-order valence-electron chi connectivity index (χ4n) is 0.585. The summed E-state index contributed by atoms with van der Waals surface area (Å²) in [4.78, 5) is 4.25. The number of likely N-dealkylation sites (N-methyl/N-ethyl adjacent to an activating group) is 2. The van der Waals surface area contributed by atoms with E-state index in [4.69, 9.17) is 0 Å². The van der Waals surface area contributed by atoms with Crippen molar-refractivity contribution >= 4 is 0 Å². The SMILES string of the molecule is [CH2]C(CN(C)C)N(C)C. The Morgan fingerprint density at radius 1 is 1.22 bits per heavy atom. The number of hydrogen-bond acceptors (Lipinski definition) is 2. The molecule has 0 saturated carbocycles. The summed E-state index contributed by atoms with van der Waals surface area (Å²) >= 11 is 0. The molecule has 0 bridgehead atoms. The van der Waals surface area contributed by atoms with Crippen molar-refractivity contribution in [2.75, 3.05) is 34.7 Å². The van der Waals surface area contributed by atoms with Crippen molar-refractivity contribution < 1.29 is 0 Å². The smallest absolute Gasteiger partial charge is 0.0217 e. The van der Waals surface area contributed by atoms with Crippen LogP contribution in [0.5, 0.6) is 0 Å². The second kappa shape index (κ2) is 3.85. The highest BCUT2D eigenvalue weighted by atomic mass is 15.2. The van der Waals surface area contributed by atoms with Gasteiger partial charge in [-0.05, 0) is 35.1 Å². The molecule has 0 aliphatic heterocycles. The number of nitrogens with zero attached hydrogens (tertiary/aromatic N) is 2. The molecule has 0 N–H and O–H groups in total. The number of hydrogen-bond donors (Lipinski definition) is 0. The lowest BCUT2D eigenvalue weighted by Gasteiger charge is -2.22. The normalized spacial score (nSPS) is 15.0. The second-order valence-electron chi connectivity index (χ2n) is 2.88. The zero-order valence-corrected chi connectivity index (χ0v) is 6.89. The molecule has 0 aromatic heterocycles. The van der Waals surface area contributed by atoms with Gasteiger partial charge < -0.3 is 9.80 Å². The molecule has 0 aliphatic carbocycles. The van der Waals surface area contributed by atoms with E-state index in [0.717, 1.165) is 6.54 Å². The maximum Gasteiger partial charge on any atom is 0.0217 e. The molecule has 0 saturated heterocycles. The van der Waals surface area contributed by atoms with E-state index in [1.54, 1.807) is 0 Å². The van der Waals surface area contributed by atoms with Gasteiger partial charge in [0.25, 0.3) is 0 Å². The maximum absolute atomic E-state index is 3.96. The largest absolute Gasteiger partial charge is 0.308 e. The highest BCUT2D eigenvalue weighted by molar-refractivity contribution is 4.70. The van der Waals surface area contributed by atoms with E-state index >= 15 is 0 Å². The van der Waals surface area contributed by atoms with Crippen LogP contribution in [0.3, 0.4) is 0 Å². The van der Waals surface area contributed by atoms with Crippen LogP contribution in [0.15, 0.2) is 0 Å². The molecule has 9 heavy (non-hydrogen) atoms. The van der Waals surface area contributed by atoms with Crippen molar-refractivity contribution in [2.24, 2.45) is 0 Å².